The maximum absolute atomic E-state index is 13.2. The zero-order chi connectivity index (χ0) is 23.1. The Morgan fingerprint density at radius 2 is 1.84 bits per heavy atom. The van der Waals surface area contributed by atoms with Crippen molar-refractivity contribution in [2.75, 3.05) is 13.2 Å². The summed E-state index contributed by atoms with van der Waals surface area (Å²) in [5.41, 5.74) is 1.27. The first kappa shape index (κ1) is 23.0. The van der Waals surface area contributed by atoms with Crippen molar-refractivity contribution in [1.29, 1.82) is 0 Å². The lowest BCUT2D eigenvalue weighted by Gasteiger charge is -2.24. The maximum Gasteiger partial charge on any atom is 0.304 e. The van der Waals surface area contributed by atoms with Crippen molar-refractivity contribution in [2.45, 2.75) is 24.8 Å². The summed E-state index contributed by atoms with van der Waals surface area (Å²) < 4.78 is 5.70. The van der Waals surface area contributed by atoms with Gasteiger partial charge in [-0.25, -0.2) is 5.06 Å². The van der Waals surface area contributed by atoms with Crippen LogP contribution >= 0.6 is 0 Å². The number of ether oxygens (including phenoxy) is 1. The third kappa shape index (κ3) is 5.70. The molecule has 1 heterocycles. The predicted octanol–water partition coefficient (Wildman–Crippen LogP) is 1.40. The molecule has 3 N–H and O–H groups in total. The molecule has 0 fully saturated rings. The zero-order valence-corrected chi connectivity index (χ0v) is 17.2. The van der Waals surface area contributed by atoms with Crippen LogP contribution in [0.1, 0.15) is 23.5 Å². The predicted molar refractivity (Wildman–Crippen MR) is 112 cm³/mol. The highest BCUT2D eigenvalue weighted by Crippen LogP contribution is 2.33. The number of Topliss-reactive ketones (excluding diaryl/α,β-unsaturated/α-hetero) is 1. The molecule has 9 nitrogen and oxygen atoms in total. The van der Waals surface area contributed by atoms with Crippen LogP contribution in [0.15, 0.2) is 54.6 Å². The molecule has 32 heavy (non-hydrogen) atoms. The lowest BCUT2D eigenvalue weighted by Crippen LogP contribution is -2.49. The number of hydrogen-bond acceptors (Lipinski definition) is 6. The zero-order valence-electron chi connectivity index (χ0n) is 17.2. The summed E-state index contributed by atoms with van der Waals surface area (Å²) in [5, 5.41) is 22.0. The molecule has 0 saturated carbocycles. The number of aliphatic carboxylic acids is 1. The molecule has 0 spiro atoms. The number of para-hydroxylation sites is 1. The van der Waals surface area contributed by atoms with Crippen molar-refractivity contribution in [1.82, 2.24) is 10.4 Å². The van der Waals surface area contributed by atoms with Crippen molar-refractivity contribution < 1.29 is 34.2 Å². The fraction of sp³-hybridized carbons (Fsp3) is 0.304. The number of carbonyl (C=O) groups is 4. The van der Waals surface area contributed by atoms with E-state index in [0.717, 1.165) is 5.56 Å². The number of hydroxylamine groups is 2. The van der Waals surface area contributed by atoms with Crippen molar-refractivity contribution in [3.05, 3.63) is 65.7 Å². The Labute approximate surface area is 184 Å². The molecule has 2 aromatic carbocycles. The van der Waals surface area contributed by atoms with Gasteiger partial charge in [-0.1, -0.05) is 48.5 Å². The van der Waals surface area contributed by atoms with Gasteiger partial charge in [0.25, 0.3) is 0 Å². The van der Waals surface area contributed by atoms with Gasteiger partial charge in [0.2, 0.25) is 12.3 Å². The minimum absolute atomic E-state index is 0.160. The molecule has 168 valence electrons. The molecule has 0 aromatic heterocycles. The third-order valence-corrected chi connectivity index (χ3v) is 5.31. The first-order valence-corrected chi connectivity index (χ1v) is 10.1. The molecule has 2 aromatic rings. The Hall–Kier alpha value is -3.72. The lowest BCUT2D eigenvalue weighted by molar-refractivity contribution is -0.154. The molecular weight excluding hydrogens is 416 g/mol. The van der Waals surface area contributed by atoms with Crippen LogP contribution in [-0.2, 0) is 25.6 Å². The van der Waals surface area contributed by atoms with Gasteiger partial charge in [-0.3, -0.25) is 24.4 Å². The number of amides is 2. The van der Waals surface area contributed by atoms with E-state index in [9.17, 15) is 29.5 Å². The van der Waals surface area contributed by atoms with E-state index >= 15 is 0 Å². The van der Waals surface area contributed by atoms with Gasteiger partial charge in [0.1, 0.15) is 18.4 Å². The van der Waals surface area contributed by atoms with Gasteiger partial charge in [-0.15, -0.1) is 0 Å². The Morgan fingerprint density at radius 3 is 2.53 bits per heavy atom. The van der Waals surface area contributed by atoms with Crippen LogP contribution in [0.2, 0.25) is 0 Å². The van der Waals surface area contributed by atoms with E-state index in [1.807, 2.05) is 18.2 Å². The fourth-order valence-electron chi connectivity index (χ4n) is 3.75. The molecule has 1 aliphatic rings. The van der Waals surface area contributed by atoms with Crippen molar-refractivity contribution in [2.24, 2.45) is 5.92 Å². The van der Waals surface area contributed by atoms with E-state index < -0.39 is 42.0 Å². The normalized spacial score (nSPS) is 18.5. The number of rotatable bonds is 9. The number of ketones is 1. The minimum Gasteiger partial charge on any atom is -0.491 e. The molecule has 1 aliphatic heterocycles. The number of nitrogens with zero attached hydrogens (tertiary/aromatic N) is 1. The third-order valence-electron chi connectivity index (χ3n) is 5.31. The summed E-state index contributed by atoms with van der Waals surface area (Å²) >= 11 is 0. The molecule has 3 atom stereocenters. The quantitative estimate of drug-likeness (QED) is 0.305. The molecule has 1 unspecified atom stereocenters. The Balaban J connectivity index is 1.81. The molecular formula is C23H24N2O7. The first-order chi connectivity index (χ1) is 15.4. The monoisotopic (exact) mass is 440 g/mol. The van der Waals surface area contributed by atoms with Crippen LogP contribution in [0, 0.1) is 5.92 Å². The van der Waals surface area contributed by atoms with Gasteiger partial charge >= 0.3 is 5.97 Å². The second kappa shape index (κ2) is 10.5. The average molecular weight is 440 g/mol. The van der Waals surface area contributed by atoms with E-state index in [-0.39, 0.29) is 26.0 Å². The largest absolute Gasteiger partial charge is 0.491 e. The number of carbonyl (C=O) groups excluding carboxylic acids is 3. The Morgan fingerprint density at radius 1 is 1.16 bits per heavy atom. The van der Waals surface area contributed by atoms with E-state index in [1.165, 1.54) is 0 Å². The molecule has 2 amide bonds. The molecule has 0 radical (unpaired) electrons. The smallest absolute Gasteiger partial charge is 0.304 e. The van der Waals surface area contributed by atoms with Gasteiger partial charge in [-0.05, 0) is 18.1 Å². The van der Waals surface area contributed by atoms with Crippen LogP contribution < -0.4 is 10.1 Å². The average Bonchev–Trinajstić information content (AvgIpc) is 2.91. The van der Waals surface area contributed by atoms with Crippen LogP contribution in [0.4, 0.5) is 0 Å². The van der Waals surface area contributed by atoms with E-state index in [0.29, 0.717) is 16.4 Å². The standard InChI is InChI=1S/C23H24N2O7/c26-14-25(31)12-16(10-15-6-2-1-3-7-15)23(30)24-19-13-32-20-9-5-4-8-17(20)18(22(19)29)11-21(27)28/h1-9,14,16,18-19,31H,10-13H2,(H,24,30)(H,27,28)/t16-,18?,19+/m1/s1. The second-order valence-corrected chi connectivity index (χ2v) is 7.58. The van der Waals surface area contributed by atoms with Gasteiger partial charge in [0.15, 0.2) is 5.78 Å². The highest BCUT2D eigenvalue weighted by atomic mass is 16.5. The first-order valence-electron chi connectivity index (χ1n) is 10.1. The summed E-state index contributed by atoms with van der Waals surface area (Å²) in [6.45, 7) is -0.433. The van der Waals surface area contributed by atoms with Crippen LogP contribution in [0.5, 0.6) is 5.75 Å². The molecule has 3 rings (SSSR count). The fourth-order valence-corrected chi connectivity index (χ4v) is 3.75. The topological polar surface area (TPSA) is 133 Å². The minimum atomic E-state index is -1.14. The van der Waals surface area contributed by atoms with Gasteiger partial charge < -0.3 is 15.2 Å². The van der Waals surface area contributed by atoms with E-state index in [1.54, 1.807) is 36.4 Å². The molecule has 0 aliphatic carbocycles. The van der Waals surface area contributed by atoms with Crippen LogP contribution in [-0.4, -0.2) is 58.6 Å². The lowest BCUT2D eigenvalue weighted by atomic mass is 9.88. The molecule has 0 bridgehead atoms. The van der Waals surface area contributed by atoms with Crippen LogP contribution in [0.25, 0.3) is 0 Å². The van der Waals surface area contributed by atoms with Gasteiger partial charge in [0.05, 0.1) is 24.8 Å². The SMILES string of the molecule is O=CN(O)C[C@@H](Cc1ccccc1)C(=O)N[C@H]1COc2ccccc2C(CC(=O)O)C1=O. The summed E-state index contributed by atoms with van der Waals surface area (Å²) in [4.78, 5) is 48.5. The van der Waals surface area contributed by atoms with Crippen molar-refractivity contribution >= 4 is 24.1 Å². The number of hydrogen-bond donors (Lipinski definition) is 3. The van der Waals surface area contributed by atoms with Crippen molar-refractivity contribution in [3.63, 3.8) is 0 Å². The van der Waals surface area contributed by atoms with Gasteiger partial charge in [-0.2, -0.15) is 0 Å². The molecule has 9 heteroatoms. The number of carboxylic acids is 1. The Kier molecular flexibility index (Phi) is 7.56. The maximum atomic E-state index is 13.2. The number of nitrogens with one attached hydrogen (secondary N) is 1. The molecule has 0 saturated heterocycles. The number of fused-ring (bicyclic) bond motifs is 1. The number of carboxylic acid groups (broad SMARTS) is 1. The summed E-state index contributed by atoms with van der Waals surface area (Å²) in [7, 11) is 0. The Bertz CT molecular complexity index is 979. The highest BCUT2D eigenvalue weighted by molar-refractivity contribution is 5.97. The van der Waals surface area contributed by atoms with E-state index in [2.05, 4.69) is 5.32 Å². The van der Waals surface area contributed by atoms with E-state index in [4.69, 9.17) is 4.74 Å². The highest BCUT2D eigenvalue weighted by Gasteiger charge is 2.37. The van der Waals surface area contributed by atoms with Gasteiger partial charge in [0, 0.05) is 5.56 Å². The summed E-state index contributed by atoms with van der Waals surface area (Å²) in [5.74, 6) is -3.60. The summed E-state index contributed by atoms with van der Waals surface area (Å²) in [6, 6.07) is 14.6. The van der Waals surface area contributed by atoms with Crippen molar-refractivity contribution in [3.8, 4) is 5.75 Å². The van der Waals surface area contributed by atoms with Crippen LogP contribution in [0.3, 0.4) is 0 Å². The number of benzene rings is 2. The summed E-state index contributed by atoms with van der Waals surface area (Å²) in [6.07, 6.45) is -0.0164. The second-order valence-electron chi connectivity index (χ2n) is 7.58.